The van der Waals surface area contributed by atoms with Crippen LogP contribution in [-0.4, -0.2) is 41.1 Å². The zero-order valence-corrected chi connectivity index (χ0v) is 22.9. The Bertz CT molecular complexity index is 1760. The highest BCUT2D eigenvalue weighted by molar-refractivity contribution is 6.22. The summed E-state index contributed by atoms with van der Waals surface area (Å²) < 4.78 is 20.4. The van der Waals surface area contributed by atoms with Crippen molar-refractivity contribution in [3.63, 3.8) is 0 Å². The number of nitrogens with one attached hydrogen (secondary N) is 1. The molecule has 0 spiro atoms. The zero-order chi connectivity index (χ0) is 30.5. The molecule has 216 valence electrons. The first-order valence-corrected chi connectivity index (χ1v) is 13.2. The van der Waals surface area contributed by atoms with E-state index in [4.69, 9.17) is 4.74 Å². The maximum atomic E-state index is 15.1. The van der Waals surface area contributed by atoms with Crippen LogP contribution in [0.4, 0.5) is 20.6 Å². The van der Waals surface area contributed by atoms with E-state index in [2.05, 4.69) is 10.3 Å². The molecule has 0 aliphatic carbocycles. The number of nitro benzene ring substituents is 1. The summed E-state index contributed by atoms with van der Waals surface area (Å²) in [5, 5.41) is 14.1. The number of halogens is 1. The number of nitrogens with zero attached hydrogens (tertiary/aromatic N) is 3. The number of ether oxygens (including phenoxy) is 1. The number of hydrogen-bond donors (Lipinski definition) is 1. The number of para-hydroxylation sites is 2. The van der Waals surface area contributed by atoms with Crippen molar-refractivity contribution in [1.29, 1.82) is 0 Å². The van der Waals surface area contributed by atoms with E-state index in [0.717, 1.165) is 4.90 Å². The third kappa shape index (κ3) is 6.15. The molecule has 0 bridgehead atoms. The standard InChI is InChI=1S/C32H25FN4O6/c1-20-10-9-15-24-28(22-13-5-7-16-25(22)33)34-30(35-32(40)43-19-21-11-3-2-4-12-21)31(39)36(29(20)24)18-27(38)23-14-6-8-17-26(23)37(41)42/h2-17,30H,18-19H2,1H3,(H,35,40). The van der Waals surface area contributed by atoms with Gasteiger partial charge >= 0.3 is 6.09 Å². The van der Waals surface area contributed by atoms with Gasteiger partial charge in [-0.05, 0) is 36.2 Å². The van der Waals surface area contributed by atoms with Crippen LogP contribution >= 0.6 is 0 Å². The number of aryl methyl sites for hydroxylation is 1. The van der Waals surface area contributed by atoms with Crippen LogP contribution in [-0.2, 0) is 16.1 Å². The van der Waals surface area contributed by atoms with Gasteiger partial charge in [0.05, 0.1) is 28.4 Å². The lowest BCUT2D eigenvalue weighted by Crippen LogP contribution is -2.49. The van der Waals surface area contributed by atoms with Gasteiger partial charge in [-0.25, -0.2) is 14.2 Å². The fourth-order valence-electron chi connectivity index (χ4n) is 4.81. The number of benzene rings is 4. The number of anilines is 1. The highest BCUT2D eigenvalue weighted by atomic mass is 19.1. The maximum absolute atomic E-state index is 15.1. The number of benzodiazepines with no additional fused rings is 1. The Kier molecular flexibility index (Phi) is 8.33. The van der Waals surface area contributed by atoms with E-state index in [1.807, 2.05) is 6.07 Å². The molecule has 1 heterocycles. The minimum atomic E-state index is -1.62. The van der Waals surface area contributed by atoms with E-state index in [-0.39, 0.29) is 29.1 Å². The van der Waals surface area contributed by atoms with Gasteiger partial charge in [0.25, 0.3) is 11.6 Å². The third-order valence-corrected chi connectivity index (χ3v) is 6.82. The van der Waals surface area contributed by atoms with Crippen molar-refractivity contribution in [3.05, 3.63) is 141 Å². The molecule has 0 radical (unpaired) electrons. The molecule has 0 saturated carbocycles. The van der Waals surface area contributed by atoms with Gasteiger partial charge in [-0.15, -0.1) is 0 Å². The lowest BCUT2D eigenvalue weighted by Gasteiger charge is -2.26. The summed E-state index contributed by atoms with van der Waals surface area (Å²) in [6.45, 7) is 1.00. The highest BCUT2D eigenvalue weighted by Gasteiger charge is 2.36. The normalized spacial score (nSPS) is 14.3. The summed E-state index contributed by atoms with van der Waals surface area (Å²) in [7, 11) is 0. The SMILES string of the molecule is Cc1cccc2c1N(CC(=O)c1ccccc1[N+](=O)[O-])C(=O)C(NC(=O)OCc1ccccc1)N=C2c1ccccc1F. The molecule has 43 heavy (non-hydrogen) atoms. The number of rotatable bonds is 8. The van der Waals surface area contributed by atoms with Gasteiger partial charge in [0, 0.05) is 17.2 Å². The number of aliphatic imine (C=N–C) groups is 1. The molecule has 2 amide bonds. The Morgan fingerprint density at radius 3 is 2.37 bits per heavy atom. The van der Waals surface area contributed by atoms with Gasteiger partial charge < -0.3 is 9.64 Å². The van der Waals surface area contributed by atoms with E-state index in [0.29, 0.717) is 16.7 Å². The van der Waals surface area contributed by atoms with Gasteiger partial charge in [-0.1, -0.05) is 72.8 Å². The molecular formula is C32H25FN4O6. The number of nitro groups is 1. The number of carbonyl (C=O) groups excluding carboxylic acids is 3. The van der Waals surface area contributed by atoms with Crippen LogP contribution in [0.5, 0.6) is 0 Å². The molecule has 0 fully saturated rings. The molecule has 0 saturated heterocycles. The Morgan fingerprint density at radius 2 is 1.63 bits per heavy atom. The lowest BCUT2D eigenvalue weighted by molar-refractivity contribution is -0.385. The summed E-state index contributed by atoms with van der Waals surface area (Å²) in [5.41, 5.74) is 1.37. The van der Waals surface area contributed by atoms with Crippen molar-refractivity contribution < 1.29 is 28.4 Å². The number of carbonyl (C=O) groups is 3. The van der Waals surface area contributed by atoms with E-state index in [9.17, 15) is 24.5 Å². The number of alkyl carbamates (subject to hydrolysis) is 1. The van der Waals surface area contributed by atoms with E-state index >= 15 is 4.39 Å². The molecule has 1 aliphatic heterocycles. The fourth-order valence-corrected chi connectivity index (χ4v) is 4.81. The number of Topliss-reactive ketones (excluding diaryl/α,β-unsaturated/α-hetero) is 1. The van der Waals surface area contributed by atoms with E-state index in [1.54, 1.807) is 55.5 Å². The molecule has 1 N–H and O–H groups in total. The van der Waals surface area contributed by atoms with Crippen LogP contribution in [0.2, 0.25) is 0 Å². The van der Waals surface area contributed by atoms with Crippen LogP contribution in [0.1, 0.15) is 32.6 Å². The van der Waals surface area contributed by atoms with E-state index in [1.165, 1.54) is 42.5 Å². The van der Waals surface area contributed by atoms with Crippen molar-refractivity contribution in [1.82, 2.24) is 5.32 Å². The molecule has 0 aromatic heterocycles. The predicted octanol–water partition coefficient (Wildman–Crippen LogP) is 5.36. The van der Waals surface area contributed by atoms with Crippen molar-refractivity contribution in [3.8, 4) is 0 Å². The number of amides is 2. The molecule has 11 heteroatoms. The van der Waals surface area contributed by atoms with Crippen LogP contribution in [0.15, 0.2) is 102 Å². The summed E-state index contributed by atoms with van der Waals surface area (Å²) in [5.74, 6) is -2.14. The van der Waals surface area contributed by atoms with Gasteiger partial charge in [-0.2, -0.15) is 0 Å². The second-order valence-corrected chi connectivity index (χ2v) is 9.66. The summed E-state index contributed by atoms with van der Waals surface area (Å²) in [6, 6.07) is 25.2. The Balaban J connectivity index is 1.57. The molecule has 4 aromatic carbocycles. The molecule has 10 nitrogen and oxygen atoms in total. The molecule has 1 atom stereocenters. The molecule has 5 rings (SSSR count). The fraction of sp³-hybridized carbons (Fsp3) is 0.125. The smallest absolute Gasteiger partial charge is 0.409 e. The number of hydrogen-bond acceptors (Lipinski definition) is 7. The van der Waals surface area contributed by atoms with Crippen LogP contribution in [0.25, 0.3) is 0 Å². The van der Waals surface area contributed by atoms with Gasteiger partial charge in [-0.3, -0.25) is 25.0 Å². The Morgan fingerprint density at radius 1 is 0.953 bits per heavy atom. The number of fused-ring (bicyclic) bond motifs is 1. The minimum absolute atomic E-state index is 0.0680. The average molecular weight is 581 g/mol. The molecule has 1 aliphatic rings. The first-order chi connectivity index (χ1) is 20.7. The van der Waals surface area contributed by atoms with Crippen LogP contribution < -0.4 is 10.2 Å². The molecule has 4 aromatic rings. The van der Waals surface area contributed by atoms with Gasteiger partial charge in [0.2, 0.25) is 6.17 Å². The second kappa shape index (κ2) is 12.4. The first-order valence-electron chi connectivity index (χ1n) is 13.2. The maximum Gasteiger partial charge on any atom is 0.409 e. The number of ketones is 1. The Hall–Kier alpha value is -5.71. The topological polar surface area (TPSA) is 131 Å². The first kappa shape index (κ1) is 28.8. The minimum Gasteiger partial charge on any atom is -0.445 e. The summed E-state index contributed by atoms with van der Waals surface area (Å²) in [6.07, 6.45) is -2.59. The predicted molar refractivity (Wildman–Crippen MR) is 157 cm³/mol. The van der Waals surface area contributed by atoms with Gasteiger partial charge in [0.15, 0.2) is 5.78 Å². The summed E-state index contributed by atoms with van der Waals surface area (Å²) >= 11 is 0. The average Bonchev–Trinajstić information content (AvgIpc) is 3.12. The summed E-state index contributed by atoms with van der Waals surface area (Å²) in [4.78, 5) is 57.0. The van der Waals surface area contributed by atoms with Crippen molar-refractivity contribution >= 4 is 34.9 Å². The Labute approximate surface area is 245 Å². The van der Waals surface area contributed by atoms with Crippen molar-refractivity contribution in [2.75, 3.05) is 11.4 Å². The largest absolute Gasteiger partial charge is 0.445 e. The van der Waals surface area contributed by atoms with Crippen molar-refractivity contribution in [2.45, 2.75) is 19.7 Å². The third-order valence-electron chi connectivity index (χ3n) is 6.82. The zero-order valence-electron chi connectivity index (χ0n) is 22.9. The van der Waals surface area contributed by atoms with Gasteiger partial charge in [0.1, 0.15) is 12.4 Å². The quantitative estimate of drug-likeness (QED) is 0.170. The van der Waals surface area contributed by atoms with E-state index < -0.39 is 46.9 Å². The highest BCUT2D eigenvalue weighted by Crippen LogP contribution is 2.33. The molecule has 1 unspecified atom stereocenters. The van der Waals surface area contributed by atoms with Crippen molar-refractivity contribution in [2.24, 2.45) is 4.99 Å². The monoisotopic (exact) mass is 580 g/mol. The van der Waals surface area contributed by atoms with Crippen LogP contribution in [0.3, 0.4) is 0 Å². The second-order valence-electron chi connectivity index (χ2n) is 9.66. The lowest BCUT2D eigenvalue weighted by atomic mass is 9.97. The molecular weight excluding hydrogens is 555 g/mol. The van der Waals surface area contributed by atoms with Crippen LogP contribution in [0, 0.1) is 22.9 Å².